The van der Waals surface area contributed by atoms with Gasteiger partial charge < -0.3 is 0 Å². The van der Waals surface area contributed by atoms with Crippen molar-refractivity contribution in [3.63, 3.8) is 0 Å². The summed E-state index contributed by atoms with van der Waals surface area (Å²) in [5, 5.41) is 0. The van der Waals surface area contributed by atoms with Crippen molar-refractivity contribution in [1.29, 1.82) is 0 Å². The molecule has 0 heterocycles. The molecule has 0 saturated carbocycles. The highest BCUT2D eigenvalue weighted by atomic mass is 31.3. The summed E-state index contributed by atoms with van der Waals surface area (Å²) in [6.07, 6.45) is 0. The fourth-order valence-electron chi connectivity index (χ4n) is 0.319. The second-order valence-corrected chi connectivity index (χ2v) is 7.45. The van der Waals surface area contributed by atoms with Gasteiger partial charge in [0.05, 0.1) is 0 Å². The highest BCUT2D eigenvalue weighted by Gasteiger charge is 2.50. The first-order valence-electron chi connectivity index (χ1n) is 3.41. The Morgan fingerprint density at radius 1 is 0.882 bits per heavy atom. The molecule has 2 N–H and O–H groups in total. The molecule has 4 unspecified atom stereocenters. The lowest BCUT2D eigenvalue weighted by Crippen LogP contribution is -1.86. The van der Waals surface area contributed by atoms with Crippen molar-refractivity contribution >= 4 is 32.2 Å². The summed E-state index contributed by atoms with van der Waals surface area (Å²) >= 11 is 0. The lowest BCUT2D eigenvalue weighted by molar-refractivity contribution is 0.229. The van der Waals surface area contributed by atoms with Gasteiger partial charge in [-0.3, -0.25) is 18.8 Å². The van der Waals surface area contributed by atoms with Crippen molar-refractivity contribution in [1.82, 2.24) is 0 Å². The molecule has 0 bridgehead atoms. The van der Waals surface area contributed by atoms with Crippen LogP contribution in [-0.4, -0.2) is 24.0 Å². The summed E-state index contributed by atoms with van der Waals surface area (Å²) in [7, 11) is -14.3. The van der Waals surface area contributed by atoms with Crippen LogP contribution in [0, 0.1) is 0 Å². The van der Waals surface area contributed by atoms with Crippen LogP contribution in [0.1, 0.15) is 0 Å². The van der Waals surface area contributed by atoms with Crippen molar-refractivity contribution in [2.24, 2.45) is 0 Å². The Morgan fingerprint density at radius 2 is 1.18 bits per heavy atom. The summed E-state index contributed by atoms with van der Waals surface area (Å²) in [5.74, 6) is 0. The minimum Gasteiger partial charge on any atom is -0.300 e. The monoisotopic (exact) mass is 332 g/mol. The van der Waals surface area contributed by atoms with Gasteiger partial charge in [-0.05, 0) is 8.62 Å². The molecular formula is C2H8O11P4+2. The molecule has 0 amide bonds. The molecule has 15 heteroatoms. The lowest BCUT2D eigenvalue weighted by atomic mass is 11.8. The van der Waals surface area contributed by atoms with E-state index in [0.717, 1.165) is 14.2 Å². The maximum atomic E-state index is 10.8. The third kappa shape index (κ3) is 8.15. The van der Waals surface area contributed by atoms with Crippen molar-refractivity contribution in [3.8, 4) is 0 Å². The number of hydrogen-bond donors (Lipinski definition) is 2. The van der Waals surface area contributed by atoms with E-state index < -0.39 is 32.2 Å². The Kier molecular flexibility index (Phi) is 7.25. The van der Waals surface area contributed by atoms with Gasteiger partial charge >= 0.3 is 32.2 Å². The van der Waals surface area contributed by atoms with Crippen LogP contribution in [0.3, 0.4) is 0 Å². The molecule has 0 aliphatic carbocycles. The fourth-order valence-corrected chi connectivity index (χ4v) is 3.41. The maximum absolute atomic E-state index is 10.8. The van der Waals surface area contributed by atoms with Crippen molar-refractivity contribution in [2.45, 2.75) is 0 Å². The van der Waals surface area contributed by atoms with E-state index >= 15 is 0 Å². The zero-order valence-corrected chi connectivity index (χ0v) is 11.9. The van der Waals surface area contributed by atoms with Crippen LogP contribution < -0.4 is 0 Å². The molecule has 0 fully saturated rings. The largest absolute Gasteiger partial charge is 0.758 e. The smallest absolute Gasteiger partial charge is 0.300 e. The van der Waals surface area contributed by atoms with Gasteiger partial charge in [0.1, 0.15) is 0 Å². The highest BCUT2D eigenvalue weighted by molar-refractivity contribution is 7.61. The second-order valence-electron chi connectivity index (χ2n) is 1.99. The van der Waals surface area contributed by atoms with E-state index in [-0.39, 0.29) is 0 Å². The fraction of sp³-hybridized carbons (Fsp3) is 1.00. The minimum absolute atomic E-state index is 0.785. The summed E-state index contributed by atoms with van der Waals surface area (Å²) in [6.45, 7) is 0. The minimum atomic E-state index is -4.60. The molecule has 0 aliphatic heterocycles. The average Bonchev–Trinajstić information content (AvgIpc) is 2.15. The Hall–Kier alpha value is 0.380. The van der Waals surface area contributed by atoms with Gasteiger partial charge in [0.25, 0.3) is 0 Å². The predicted octanol–water partition coefficient (Wildman–Crippen LogP) is 1.84. The Bertz CT molecular complexity index is 351. The van der Waals surface area contributed by atoms with Crippen LogP contribution in [0.2, 0.25) is 0 Å². The van der Waals surface area contributed by atoms with Crippen molar-refractivity contribution in [2.75, 3.05) is 14.2 Å². The molecule has 11 nitrogen and oxygen atoms in total. The standard InChI is InChI=1S/C2H6O11P4/c1-9-16(5,6)12-14(3)11-15(4)13-17(7,8)10-2/h1-2H3/p+2. The van der Waals surface area contributed by atoms with E-state index in [2.05, 4.69) is 22.0 Å². The first kappa shape index (κ1) is 17.4. The quantitative estimate of drug-likeness (QED) is 0.625. The average molecular weight is 332 g/mol. The lowest BCUT2D eigenvalue weighted by Gasteiger charge is -1.97. The summed E-state index contributed by atoms with van der Waals surface area (Å²) in [6, 6.07) is 0. The number of rotatable bonds is 8. The first-order chi connectivity index (χ1) is 7.62. The summed E-state index contributed by atoms with van der Waals surface area (Å²) in [5.41, 5.74) is 0. The highest BCUT2D eigenvalue weighted by Crippen LogP contribution is 2.58. The van der Waals surface area contributed by atoms with Gasteiger partial charge in [-0.15, -0.1) is 0 Å². The van der Waals surface area contributed by atoms with Gasteiger partial charge in [0.15, 0.2) is 4.31 Å². The predicted molar refractivity (Wildman–Crippen MR) is 52.1 cm³/mol. The number of phosphoric ester groups is 2. The normalized spacial score (nSPS) is 20.2. The molecule has 0 saturated heterocycles. The van der Waals surface area contributed by atoms with E-state index in [4.69, 9.17) is 9.79 Å². The topological polar surface area (TPSA) is 155 Å². The molecule has 0 aromatic carbocycles. The van der Waals surface area contributed by atoms with Gasteiger partial charge in [0.2, 0.25) is 0 Å². The zero-order chi connectivity index (χ0) is 13.7. The van der Waals surface area contributed by atoms with Crippen LogP contribution >= 0.6 is 32.2 Å². The van der Waals surface area contributed by atoms with E-state index in [9.17, 15) is 18.3 Å². The Labute approximate surface area is 97.1 Å². The SMILES string of the molecule is COP(=O)(O)O[P+](=O)O[P+](=O)OP(=O)(O)OC. The molecule has 0 rings (SSSR count). The van der Waals surface area contributed by atoms with Gasteiger partial charge in [-0.25, -0.2) is 9.13 Å². The van der Waals surface area contributed by atoms with Gasteiger partial charge in [0, 0.05) is 23.3 Å². The number of hydrogen-bond acceptors (Lipinski definition) is 9. The van der Waals surface area contributed by atoms with Crippen LogP contribution in [0.25, 0.3) is 0 Å². The second kappa shape index (κ2) is 7.09. The van der Waals surface area contributed by atoms with Crippen LogP contribution in [-0.2, 0) is 40.2 Å². The molecule has 0 aliphatic rings. The Balaban J connectivity index is 4.28. The summed E-state index contributed by atoms with van der Waals surface area (Å²) < 4.78 is 62.3. The maximum Gasteiger partial charge on any atom is 0.758 e. The zero-order valence-electron chi connectivity index (χ0n) is 8.36. The van der Waals surface area contributed by atoms with E-state index in [1.807, 2.05) is 0 Å². The van der Waals surface area contributed by atoms with E-state index in [0.29, 0.717) is 0 Å². The molecule has 17 heavy (non-hydrogen) atoms. The van der Waals surface area contributed by atoms with Crippen molar-refractivity contribution < 1.29 is 50.0 Å². The van der Waals surface area contributed by atoms with Gasteiger partial charge in [-0.1, -0.05) is 0 Å². The number of phosphoric acid groups is 2. The third-order valence-corrected chi connectivity index (χ3v) is 5.64. The van der Waals surface area contributed by atoms with E-state index in [1.54, 1.807) is 0 Å². The first-order valence-corrected chi connectivity index (χ1v) is 8.59. The summed E-state index contributed by atoms with van der Waals surface area (Å²) in [4.78, 5) is 17.3. The molecule has 0 aromatic heterocycles. The van der Waals surface area contributed by atoms with Crippen molar-refractivity contribution in [3.05, 3.63) is 0 Å². The molecule has 0 spiro atoms. The van der Waals surface area contributed by atoms with Crippen LogP contribution in [0.15, 0.2) is 0 Å². The third-order valence-electron chi connectivity index (χ3n) is 0.934. The molecule has 0 aromatic rings. The Morgan fingerprint density at radius 3 is 1.41 bits per heavy atom. The van der Waals surface area contributed by atoms with Crippen LogP contribution in [0.5, 0.6) is 0 Å². The molecule has 4 atom stereocenters. The molecular weight excluding hydrogens is 324 g/mol. The molecule has 0 radical (unpaired) electrons. The molecule has 100 valence electrons. The van der Waals surface area contributed by atoms with E-state index in [1.165, 1.54) is 0 Å². The van der Waals surface area contributed by atoms with Gasteiger partial charge in [-0.2, -0.15) is 0 Å². The van der Waals surface area contributed by atoms with Crippen LogP contribution in [0.4, 0.5) is 0 Å².